The summed E-state index contributed by atoms with van der Waals surface area (Å²) >= 11 is 0. The van der Waals surface area contributed by atoms with E-state index in [0.29, 0.717) is 23.4 Å². The number of pyridine rings is 1. The molecule has 1 heterocycles. The van der Waals surface area contributed by atoms with Gasteiger partial charge in [-0.25, -0.2) is 0 Å². The van der Waals surface area contributed by atoms with Crippen LogP contribution in [0.3, 0.4) is 0 Å². The molecule has 0 spiro atoms. The molecule has 5 heteroatoms. The van der Waals surface area contributed by atoms with E-state index in [0.717, 1.165) is 11.3 Å². The molecule has 0 fully saturated rings. The number of carbonyl (C=O) groups excluding carboxylic acids is 1. The molecule has 134 valence electrons. The Hall–Kier alpha value is -3.73. The number of amides is 1. The number of hydrogen-bond donors (Lipinski definition) is 3. The van der Waals surface area contributed by atoms with Crippen LogP contribution in [0, 0.1) is 5.41 Å². The van der Waals surface area contributed by atoms with Crippen LogP contribution >= 0.6 is 0 Å². The maximum Gasteiger partial charge on any atom is 0.252 e. The standard InChI is InChI=1S/C22H20N4O/c23-20(16-8-2-1-3-9-16)14-21(24)18-11-4-5-12-19(18)22(27)26-15-17-10-6-7-13-25-17/h1-14,23H,15,24H2,(H,26,27). The zero-order valence-electron chi connectivity index (χ0n) is 14.7. The minimum Gasteiger partial charge on any atom is -0.398 e. The van der Waals surface area contributed by atoms with Crippen molar-refractivity contribution in [1.29, 1.82) is 5.41 Å². The van der Waals surface area contributed by atoms with Crippen LogP contribution in [0.1, 0.15) is 27.2 Å². The summed E-state index contributed by atoms with van der Waals surface area (Å²) in [4.78, 5) is 16.8. The summed E-state index contributed by atoms with van der Waals surface area (Å²) in [5, 5.41) is 11.1. The van der Waals surface area contributed by atoms with E-state index in [9.17, 15) is 4.79 Å². The van der Waals surface area contributed by atoms with Crippen molar-refractivity contribution in [1.82, 2.24) is 10.3 Å². The Labute approximate surface area is 158 Å². The molecule has 4 N–H and O–H groups in total. The minimum absolute atomic E-state index is 0.237. The molecular formula is C22H20N4O. The fourth-order valence-electron chi connectivity index (χ4n) is 2.64. The largest absolute Gasteiger partial charge is 0.398 e. The van der Waals surface area contributed by atoms with Gasteiger partial charge in [0.1, 0.15) is 0 Å². The number of benzene rings is 2. The average molecular weight is 356 g/mol. The summed E-state index contributed by atoms with van der Waals surface area (Å²) in [6.07, 6.45) is 3.26. The van der Waals surface area contributed by atoms with E-state index in [2.05, 4.69) is 10.3 Å². The third-order valence-corrected chi connectivity index (χ3v) is 4.02. The van der Waals surface area contributed by atoms with E-state index in [-0.39, 0.29) is 11.6 Å². The lowest BCUT2D eigenvalue weighted by atomic mass is 10.0. The van der Waals surface area contributed by atoms with Crippen molar-refractivity contribution in [3.63, 3.8) is 0 Å². The van der Waals surface area contributed by atoms with E-state index in [1.165, 1.54) is 0 Å². The smallest absolute Gasteiger partial charge is 0.252 e. The molecular weight excluding hydrogens is 336 g/mol. The zero-order chi connectivity index (χ0) is 19.1. The first-order valence-corrected chi connectivity index (χ1v) is 8.54. The number of carbonyl (C=O) groups is 1. The molecule has 1 aromatic heterocycles. The number of allylic oxidation sites excluding steroid dienone is 1. The number of aromatic nitrogens is 1. The van der Waals surface area contributed by atoms with Crippen LogP contribution < -0.4 is 11.1 Å². The van der Waals surface area contributed by atoms with Crippen LogP contribution in [-0.4, -0.2) is 16.6 Å². The predicted molar refractivity (Wildman–Crippen MR) is 107 cm³/mol. The number of nitrogens with zero attached hydrogens (tertiary/aromatic N) is 1. The Bertz CT molecular complexity index is 966. The summed E-state index contributed by atoms with van der Waals surface area (Å²) in [5.74, 6) is -0.237. The van der Waals surface area contributed by atoms with Gasteiger partial charge in [-0.2, -0.15) is 0 Å². The molecule has 0 unspecified atom stereocenters. The normalized spacial score (nSPS) is 11.0. The van der Waals surface area contributed by atoms with Crippen molar-refractivity contribution < 1.29 is 4.79 Å². The highest BCUT2D eigenvalue weighted by Crippen LogP contribution is 2.16. The van der Waals surface area contributed by atoms with Gasteiger partial charge < -0.3 is 16.5 Å². The van der Waals surface area contributed by atoms with Crippen molar-refractivity contribution >= 4 is 17.3 Å². The zero-order valence-corrected chi connectivity index (χ0v) is 14.7. The SMILES string of the molecule is N=C(C=C(N)c1ccccc1C(=O)NCc1ccccn1)c1ccccc1. The Kier molecular flexibility index (Phi) is 5.74. The molecule has 0 atom stereocenters. The highest BCUT2D eigenvalue weighted by molar-refractivity contribution is 6.11. The van der Waals surface area contributed by atoms with Crippen molar-refractivity contribution in [2.75, 3.05) is 0 Å². The van der Waals surface area contributed by atoms with Gasteiger partial charge in [-0.15, -0.1) is 0 Å². The van der Waals surface area contributed by atoms with Crippen molar-refractivity contribution in [2.45, 2.75) is 6.54 Å². The molecule has 0 aliphatic heterocycles. The van der Waals surface area contributed by atoms with E-state index in [4.69, 9.17) is 11.1 Å². The number of rotatable bonds is 6. The van der Waals surface area contributed by atoms with E-state index in [1.807, 2.05) is 54.6 Å². The lowest BCUT2D eigenvalue weighted by Gasteiger charge is -2.11. The second-order valence-corrected chi connectivity index (χ2v) is 5.93. The maximum atomic E-state index is 12.6. The van der Waals surface area contributed by atoms with Crippen LogP contribution in [0.2, 0.25) is 0 Å². The first-order chi connectivity index (χ1) is 13.1. The van der Waals surface area contributed by atoms with Gasteiger partial charge in [0.15, 0.2) is 0 Å². The fourth-order valence-corrected chi connectivity index (χ4v) is 2.64. The van der Waals surface area contributed by atoms with Gasteiger partial charge in [0.05, 0.1) is 18.0 Å². The molecule has 1 amide bonds. The summed E-state index contributed by atoms with van der Waals surface area (Å²) in [6.45, 7) is 0.331. The molecule has 0 bridgehead atoms. The number of hydrogen-bond acceptors (Lipinski definition) is 4. The molecule has 3 rings (SSSR count). The second kappa shape index (κ2) is 8.58. The molecule has 27 heavy (non-hydrogen) atoms. The van der Waals surface area contributed by atoms with Gasteiger partial charge in [-0.3, -0.25) is 9.78 Å². The fraction of sp³-hybridized carbons (Fsp3) is 0.0455. The van der Waals surface area contributed by atoms with Crippen molar-refractivity contribution in [2.24, 2.45) is 5.73 Å². The van der Waals surface area contributed by atoms with Crippen LogP contribution in [0.4, 0.5) is 0 Å². The second-order valence-electron chi connectivity index (χ2n) is 5.93. The Balaban J connectivity index is 1.79. The Morgan fingerprint density at radius 3 is 2.33 bits per heavy atom. The summed E-state index contributed by atoms with van der Waals surface area (Å²) in [6, 6.07) is 22.0. The van der Waals surface area contributed by atoms with Gasteiger partial charge >= 0.3 is 0 Å². The van der Waals surface area contributed by atoms with Gasteiger partial charge in [-0.05, 0) is 29.8 Å². The predicted octanol–water partition coefficient (Wildman–Crippen LogP) is 3.38. The molecule has 0 aliphatic carbocycles. The molecule has 5 nitrogen and oxygen atoms in total. The third-order valence-electron chi connectivity index (χ3n) is 4.02. The van der Waals surface area contributed by atoms with Crippen LogP contribution in [-0.2, 0) is 6.54 Å². The molecule has 0 saturated carbocycles. The molecule has 3 aromatic rings. The molecule has 0 radical (unpaired) electrons. The Morgan fingerprint density at radius 2 is 1.63 bits per heavy atom. The first-order valence-electron chi connectivity index (χ1n) is 8.54. The number of nitrogens with one attached hydrogen (secondary N) is 2. The lowest BCUT2D eigenvalue weighted by molar-refractivity contribution is 0.0950. The summed E-state index contributed by atoms with van der Waals surface area (Å²) in [5.41, 5.74) is 9.46. The van der Waals surface area contributed by atoms with Gasteiger partial charge in [-0.1, -0.05) is 54.6 Å². The molecule has 0 aliphatic rings. The monoisotopic (exact) mass is 356 g/mol. The van der Waals surface area contributed by atoms with Crippen molar-refractivity contribution in [3.8, 4) is 0 Å². The van der Waals surface area contributed by atoms with Crippen molar-refractivity contribution in [3.05, 3.63) is 107 Å². The van der Waals surface area contributed by atoms with Crippen LogP contribution in [0.5, 0.6) is 0 Å². The third kappa shape index (κ3) is 4.67. The molecule has 2 aromatic carbocycles. The van der Waals surface area contributed by atoms with Gasteiger partial charge in [0.25, 0.3) is 5.91 Å². The Morgan fingerprint density at radius 1 is 0.963 bits per heavy atom. The highest BCUT2D eigenvalue weighted by atomic mass is 16.1. The summed E-state index contributed by atoms with van der Waals surface area (Å²) < 4.78 is 0. The maximum absolute atomic E-state index is 12.6. The first kappa shape index (κ1) is 18.1. The van der Waals surface area contributed by atoms with Gasteiger partial charge in [0.2, 0.25) is 0 Å². The summed E-state index contributed by atoms with van der Waals surface area (Å²) in [7, 11) is 0. The van der Waals surface area contributed by atoms with Crippen LogP contribution in [0.25, 0.3) is 5.70 Å². The average Bonchev–Trinajstić information content (AvgIpc) is 2.73. The quantitative estimate of drug-likeness (QED) is 0.591. The number of nitrogens with two attached hydrogens (primary N) is 1. The lowest BCUT2D eigenvalue weighted by Crippen LogP contribution is -2.24. The van der Waals surface area contributed by atoms with E-state index < -0.39 is 0 Å². The minimum atomic E-state index is -0.237. The van der Waals surface area contributed by atoms with E-state index >= 15 is 0 Å². The van der Waals surface area contributed by atoms with Crippen LogP contribution in [0.15, 0.2) is 85.1 Å². The van der Waals surface area contributed by atoms with E-state index in [1.54, 1.807) is 30.5 Å². The topological polar surface area (TPSA) is 91.9 Å². The van der Waals surface area contributed by atoms with Gasteiger partial charge in [0, 0.05) is 23.0 Å². The highest BCUT2D eigenvalue weighted by Gasteiger charge is 2.13. The molecule has 0 saturated heterocycles.